The summed E-state index contributed by atoms with van der Waals surface area (Å²) in [6.45, 7) is 6.96. The molecule has 0 bridgehead atoms. The number of nitrogens with zero attached hydrogens (tertiary/aromatic N) is 2. The molecule has 0 saturated carbocycles. The molecule has 2 rings (SSSR count). The fraction of sp³-hybridized carbons (Fsp3) is 0.438. The summed E-state index contributed by atoms with van der Waals surface area (Å²) < 4.78 is 42.3. The van der Waals surface area contributed by atoms with Gasteiger partial charge in [-0.25, -0.2) is 4.68 Å². The Morgan fingerprint density at radius 2 is 1.75 bits per heavy atom. The van der Waals surface area contributed by atoms with Gasteiger partial charge in [0.1, 0.15) is 6.73 Å². The van der Waals surface area contributed by atoms with Crippen LogP contribution in [0.25, 0.3) is 0 Å². The zero-order chi connectivity index (χ0) is 18.8. The molecule has 24 heavy (non-hydrogen) atoms. The highest BCUT2D eigenvalue weighted by molar-refractivity contribution is 7.80. The van der Waals surface area contributed by atoms with Crippen LogP contribution in [0.5, 0.6) is 0 Å². The monoisotopic (exact) mass is 363 g/mol. The summed E-state index contributed by atoms with van der Waals surface area (Å²) in [7, 11) is 1.64. The summed E-state index contributed by atoms with van der Waals surface area (Å²) in [6.07, 6.45) is -2.35. The molecular weight excluding hydrogens is 339 g/mol. The average Bonchev–Trinajstić information content (AvgIpc) is 2.89. The van der Waals surface area contributed by atoms with Crippen molar-refractivity contribution >= 4 is 12.6 Å². The number of methoxy groups -OCH3 is 1. The number of hydrogen-bond acceptors (Lipinski definition) is 4. The van der Waals surface area contributed by atoms with Crippen LogP contribution >= 0.6 is 12.6 Å². The largest absolute Gasteiger partial charge is 0.416 e. The molecule has 0 aliphatic carbocycles. The van der Waals surface area contributed by atoms with Gasteiger partial charge < -0.3 is 10.5 Å². The van der Waals surface area contributed by atoms with E-state index in [4.69, 9.17) is 10.5 Å². The lowest BCUT2D eigenvalue weighted by Crippen LogP contribution is -2.03. The SMILES string of the molecule is CC.COCn1cc(CN)c(C)n1.FC(F)(F)c1ccc(S)cc1. The Morgan fingerprint density at radius 1 is 1.21 bits per heavy atom. The summed E-state index contributed by atoms with van der Waals surface area (Å²) in [6, 6.07) is 4.63. The standard InChI is InChI=1S/C7H5F3S.C7H13N3O.C2H6/c8-7(9,10)5-1-3-6(11)4-2-5;1-6-7(3-8)4-10(9-6)5-11-2;1-2/h1-4,11H;4H,3,5,8H2,1-2H3;1-2H3. The molecule has 1 heterocycles. The molecule has 0 fully saturated rings. The van der Waals surface area contributed by atoms with E-state index in [-0.39, 0.29) is 0 Å². The van der Waals surface area contributed by atoms with E-state index < -0.39 is 11.7 Å². The number of aromatic nitrogens is 2. The van der Waals surface area contributed by atoms with Gasteiger partial charge >= 0.3 is 6.18 Å². The van der Waals surface area contributed by atoms with Crippen LogP contribution in [0, 0.1) is 6.92 Å². The molecule has 1 aromatic heterocycles. The number of thiol groups is 1. The van der Waals surface area contributed by atoms with Crippen LogP contribution in [0.1, 0.15) is 30.7 Å². The Bertz CT molecular complexity index is 583. The molecule has 0 radical (unpaired) electrons. The van der Waals surface area contributed by atoms with Crippen molar-refractivity contribution < 1.29 is 17.9 Å². The molecular formula is C16H24F3N3OS. The van der Waals surface area contributed by atoms with E-state index in [9.17, 15) is 13.2 Å². The summed E-state index contributed by atoms with van der Waals surface area (Å²) in [5.41, 5.74) is 6.87. The Balaban J connectivity index is 0.000000400. The number of aryl methyl sites for hydroxylation is 1. The van der Waals surface area contributed by atoms with Crippen molar-refractivity contribution in [2.45, 2.75) is 45.1 Å². The van der Waals surface area contributed by atoms with Gasteiger partial charge in [0.2, 0.25) is 0 Å². The minimum Gasteiger partial charge on any atom is -0.362 e. The van der Waals surface area contributed by atoms with Crippen LogP contribution in [0.4, 0.5) is 13.2 Å². The van der Waals surface area contributed by atoms with Crippen molar-refractivity contribution in [3.63, 3.8) is 0 Å². The van der Waals surface area contributed by atoms with E-state index in [0.717, 1.165) is 23.4 Å². The van der Waals surface area contributed by atoms with Crippen LogP contribution in [0.3, 0.4) is 0 Å². The molecule has 136 valence electrons. The van der Waals surface area contributed by atoms with Gasteiger partial charge in [0.15, 0.2) is 0 Å². The van der Waals surface area contributed by atoms with Crippen molar-refractivity contribution in [3.05, 3.63) is 47.3 Å². The van der Waals surface area contributed by atoms with E-state index in [2.05, 4.69) is 17.7 Å². The molecule has 0 aliphatic heterocycles. The number of halogens is 3. The Kier molecular flexibility index (Phi) is 10.4. The van der Waals surface area contributed by atoms with Gasteiger partial charge in [-0.3, -0.25) is 0 Å². The molecule has 2 N–H and O–H groups in total. The molecule has 0 saturated heterocycles. The highest BCUT2D eigenvalue weighted by Crippen LogP contribution is 2.29. The van der Waals surface area contributed by atoms with Gasteiger partial charge in [-0.2, -0.15) is 18.3 Å². The minimum absolute atomic E-state index is 0.487. The number of hydrogen-bond donors (Lipinski definition) is 2. The van der Waals surface area contributed by atoms with Crippen LogP contribution < -0.4 is 5.73 Å². The first-order chi connectivity index (χ1) is 11.3. The normalized spacial score (nSPS) is 10.4. The first kappa shape index (κ1) is 22.5. The van der Waals surface area contributed by atoms with Crippen molar-refractivity contribution in [3.8, 4) is 0 Å². The molecule has 0 spiro atoms. The van der Waals surface area contributed by atoms with Crippen molar-refractivity contribution in [2.24, 2.45) is 5.73 Å². The predicted octanol–water partition coefficient (Wildman–Crippen LogP) is 4.27. The van der Waals surface area contributed by atoms with Crippen LogP contribution in [0.2, 0.25) is 0 Å². The molecule has 2 aromatic rings. The first-order valence-corrected chi connectivity index (χ1v) is 7.80. The molecule has 0 unspecified atom stereocenters. The fourth-order valence-electron chi connectivity index (χ4n) is 1.61. The third-order valence-corrected chi connectivity index (χ3v) is 3.02. The summed E-state index contributed by atoms with van der Waals surface area (Å²) in [5.74, 6) is 0. The Hall–Kier alpha value is -1.51. The summed E-state index contributed by atoms with van der Waals surface area (Å²) >= 11 is 3.86. The minimum atomic E-state index is -4.25. The zero-order valence-electron chi connectivity index (χ0n) is 14.3. The van der Waals surface area contributed by atoms with Crippen molar-refractivity contribution in [2.75, 3.05) is 7.11 Å². The third-order valence-electron chi connectivity index (χ3n) is 2.72. The van der Waals surface area contributed by atoms with Crippen LogP contribution in [-0.2, 0) is 24.2 Å². The topological polar surface area (TPSA) is 53.1 Å². The van der Waals surface area contributed by atoms with E-state index in [1.54, 1.807) is 11.8 Å². The highest BCUT2D eigenvalue weighted by Gasteiger charge is 2.29. The highest BCUT2D eigenvalue weighted by atomic mass is 32.1. The van der Waals surface area contributed by atoms with Crippen LogP contribution in [-0.4, -0.2) is 16.9 Å². The maximum absolute atomic E-state index is 11.9. The first-order valence-electron chi connectivity index (χ1n) is 7.36. The Labute approximate surface area is 146 Å². The lowest BCUT2D eigenvalue weighted by atomic mass is 10.2. The molecule has 0 aliphatic rings. The average molecular weight is 363 g/mol. The van der Waals surface area contributed by atoms with Crippen LogP contribution in [0.15, 0.2) is 35.4 Å². The van der Waals surface area contributed by atoms with E-state index >= 15 is 0 Å². The lowest BCUT2D eigenvalue weighted by Gasteiger charge is -2.05. The van der Waals surface area contributed by atoms with Crippen molar-refractivity contribution in [1.82, 2.24) is 9.78 Å². The number of nitrogens with two attached hydrogens (primary N) is 1. The molecule has 4 nitrogen and oxygen atoms in total. The zero-order valence-corrected chi connectivity index (χ0v) is 15.2. The van der Waals surface area contributed by atoms with E-state index in [0.29, 0.717) is 18.2 Å². The predicted molar refractivity (Wildman–Crippen MR) is 91.9 cm³/mol. The lowest BCUT2D eigenvalue weighted by molar-refractivity contribution is -0.137. The quantitative estimate of drug-likeness (QED) is 0.801. The molecule has 1 aromatic carbocycles. The molecule has 0 atom stereocenters. The van der Waals surface area contributed by atoms with Crippen molar-refractivity contribution in [1.29, 1.82) is 0 Å². The van der Waals surface area contributed by atoms with Gasteiger partial charge in [0.25, 0.3) is 0 Å². The maximum Gasteiger partial charge on any atom is 0.416 e. The van der Waals surface area contributed by atoms with Gasteiger partial charge in [-0.1, -0.05) is 13.8 Å². The number of benzene rings is 1. The molecule has 0 amide bonds. The van der Waals surface area contributed by atoms with Gasteiger partial charge in [-0.15, -0.1) is 12.6 Å². The van der Waals surface area contributed by atoms with Gasteiger partial charge in [0.05, 0.1) is 11.3 Å². The maximum atomic E-state index is 11.9. The summed E-state index contributed by atoms with van der Waals surface area (Å²) in [4.78, 5) is 0.526. The van der Waals surface area contributed by atoms with Gasteiger partial charge in [-0.05, 0) is 31.2 Å². The number of ether oxygens (including phenoxy) is 1. The summed E-state index contributed by atoms with van der Waals surface area (Å²) in [5, 5.41) is 4.18. The van der Waals surface area contributed by atoms with Gasteiger partial charge in [0, 0.05) is 30.3 Å². The third kappa shape index (κ3) is 7.85. The number of rotatable bonds is 3. The van der Waals surface area contributed by atoms with E-state index in [1.807, 2.05) is 27.0 Å². The second-order valence-corrected chi connectivity index (χ2v) is 4.96. The Morgan fingerprint density at radius 3 is 2.12 bits per heavy atom. The van der Waals surface area contributed by atoms with E-state index in [1.165, 1.54) is 12.1 Å². The smallest absolute Gasteiger partial charge is 0.362 e. The molecule has 8 heteroatoms. The fourth-order valence-corrected chi connectivity index (χ4v) is 1.76. The second-order valence-electron chi connectivity index (χ2n) is 4.45. The second kappa shape index (κ2) is 11.1. The number of alkyl halides is 3.